The summed E-state index contributed by atoms with van der Waals surface area (Å²) in [5.74, 6) is 0.276. The molecule has 2 N–H and O–H groups in total. The van der Waals surface area contributed by atoms with Crippen LogP contribution in [0.5, 0.6) is 0 Å². The van der Waals surface area contributed by atoms with E-state index in [0.29, 0.717) is 16.2 Å². The summed E-state index contributed by atoms with van der Waals surface area (Å²) in [6, 6.07) is -0.376. The molecule has 0 amide bonds. The maximum atomic E-state index is 11.5. The van der Waals surface area contributed by atoms with E-state index in [1.807, 2.05) is 13.8 Å². The van der Waals surface area contributed by atoms with Crippen molar-refractivity contribution < 1.29 is 8.42 Å². The second-order valence-corrected chi connectivity index (χ2v) is 9.03. The van der Waals surface area contributed by atoms with Crippen molar-refractivity contribution >= 4 is 55.2 Å². The van der Waals surface area contributed by atoms with E-state index in [1.165, 1.54) is 11.3 Å². The quantitative estimate of drug-likeness (QED) is 0.626. The van der Waals surface area contributed by atoms with Crippen LogP contribution >= 0.6 is 35.2 Å². The smallest absolute Gasteiger partial charge is 0.211 e. The van der Waals surface area contributed by atoms with Gasteiger partial charge in [-0.25, -0.2) is 8.42 Å². The van der Waals surface area contributed by atoms with Gasteiger partial charge in [-0.1, -0.05) is 25.2 Å². The van der Waals surface area contributed by atoms with Gasteiger partial charge < -0.3 is 10.6 Å². The van der Waals surface area contributed by atoms with Gasteiger partial charge in [0.15, 0.2) is 14.9 Å². The van der Waals surface area contributed by atoms with E-state index >= 15 is 0 Å². The Bertz CT molecular complexity index is 601. The van der Waals surface area contributed by atoms with Crippen LogP contribution in [0.25, 0.3) is 0 Å². The predicted octanol–water partition coefficient (Wildman–Crippen LogP) is 1.35. The monoisotopic (exact) mass is 354 g/mol. The molecule has 0 spiro atoms. The second kappa shape index (κ2) is 6.08. The van der Waals surface area contributed by atoms with Gasteiger partial charge in [-0.15, -0.1) is 21.8 Å². The minimum atomic E-state index is -3.08. The minimum Gasteiger partial charge on any atom is -0.357 e. The Morgan fingerprint density at radius 2 is 2.15 bits per heavy atom. The van der Waals surface area contributed by atoms with Crippen molar-refractivity contribution in [1.29, 1.82) is 0 Å². The average Bonchev–Trinajstić information content (AvgIpc) is 2.84. The van der Waals surface area contributed by atoms with Gasteiger partial charge in [0.05, 0.1) is 22.9 Å². The molecule has 1 saturated heterocycles. The molecule has 0 radical (unpaired) electrons. The Labute approximate surface area is 132 Å². The Morgan fingerprint density at radius 1 is 1.45 bits per heavy atom. The number of hydrogen-bond acceptors (Lipinski definition) is 6. The predicted molar refractivity (Wildman–Crippen MR) is 85.4 cm³/mol. The first-order valence-electron chi connectivity index (χ1n) is 6.02. The van der Waals surface area contributed by atoms with Gasteiger partial charge in [0, 0.05) is 5.92 Å². The van der Waals surface area contributed by atoms with E-state index in [1.54, 1.807) is 0 Å². The number of hydrogen-bond donors (Lipinski definition) is 2. The molecule has 0 unspecified atom stereocenters. The van der Waals surface area contributed by atoms with Crippen LogP contribution in [0, 0.1) is 0 Å². The summed E-state index contributed by atoms with van der Waals surface area (Å²) in [6.45, 7) is 4.06. The van der Waals surface area contributed by atoms with Crippen molar-refractivity contribution in [3.05, 3.63) is 5.01 Å². The lowest BCUT2D eigenvalue weighted by Gasteiger charge is -2.16. The fourth-order valence-corrected chi connectivity index (χ4v) is 5.37. The van der Waals surface area contributed by atoms with Gasteiger partial charge in [-0.05, 0) is 12.2 Å². The number of sulfone groups is 1. The van der Waals surface area contributed by atoms with Gasteiger partial charge in [-0.3, -0.25) is 0 Å². The highest BCUT2D eigenvalue weighted by atomic mass is 35.5. The molecule has 1 aromatic heterocycles. The number of nitrogens with zero attached hydrogens (tertiary/aromatic N) is 2. The van der Waals surface area contributed by atoms with E-state index in [-0.39, 0.29) is 17.5 Å². The molecule has 2 heterocycles. The lowest BCUT2D eigenvalue weighted by Crippen LogP contribution is -2.42. The topological polar surface area (TPSA) is 84.0 Å². The summed E-state index contributed by atoms with van der Waals surface area (Å²) in [6.07, 6.45) is 0. The lowest BCUT2D eigenvalue weighted by molar-refractivity contribution is 0.600. The minimum absolute atomic E-state index is 0.00362. The molecular formula is C10H15ClN4O2S3. The third-order valence-corrected chi connectivity index (χ3v) is 6.49. The van der Waals surface area contributed by atoms with Crippen molar-refractivity contribution in [2.45, 2.75) is 31.2 Å². The van der Waals surface area contributed by atoms with E-state index in [9.17, 15) is 8.42 Å². The van der Waals surface area contributed by atoms with Crippen LogP contribution in [0.3, 0.4) is 0 Å². The summed E-state index contributed by atoms with van der Waals surface area (Å²) >= 11 is 12.6. The molecular weight excluding hydrogens is 340 g/mol. The number of alkyl halides is 1. The van der Waals surface area contributed by atoms with Crippen LogP contribution in [0.1, 0.15) is 24.8 Å². The van der Waals surface area contributed by atoms with Crippen LogP contribution in [0.4, 0.5) is 5.13 Å². The van der Waals surface area contributed by atoms with E-state index in [4.69, 9.17) is 23.8 Å². The summed E-state index contributed by atoms with van der Waals surface area (Å²) in [5, 5.41) is 15.2. The average molecular weight is 355 g/mol. The Hall–Kier alpha value is -0.510. The largest absolute Gasteiger partial charge is 0.357 e. The van der Waals surface area contributed by atoms with Crippen LogP contribution in [-0.2, 0) is 9.84 Å². The zero-order valence-corrected chi connectivity index (χ0v) is 14.2. The summed E-state index contributed by atoms with van der Waals surface area (Å²) in [7, 11) is -3.08. The normalized spacial score (nSPS) is 24.8. The molecule has 0 bridgehead atoms. The number of thiocarbonyl (C=S) groups is 1. The Balaban J connectivity index is 1.92. The molecule has 1 fully saturated rings. The number of anilines is 1. The number of aromatic nitrogens is 2. The Kier molecular flexibility index (Phi) is 4.83. The fraction of sp³-hybridized carbons (Fsp3) is 0.700. The zero-order valence-electron chi connectivity index (χ0n) is 11.0. The highest BCUT2D eigenvalue weighted by Crippen LogP contribution is 2.22. The molecule has 1 aliphatic heterocycles. The summed E-state index contributed by atoms with van der Waals surface area (Å²) in [5.41, 5.74) is 0. The van der Waals surface area contributed by atoms with Gasteiger partial charge in [-0.2, -0.15) is 0 Å². The molecule has 20 heavy (non-hydrogen) atoms. The number of rotatable bonds is 3. The van der Waals surface area contributed by atoms with E-state index in [2.05, 4.69) is 20.8 Å². The highest BCUT2D eigenvalue weighted by Gasteiger charge is 2.36. The van der Waals surface area contributed by atoms with Crippen molar-refractivity contribution in [1.82, 2.24) is 15.5 Å². The maximum Gasteiger partial charge on any atom is 0.211 e. The van der Waals surface area contributed by atoms with E-state index in [0.717, 1.165) is 5.01 Å². The van der Waals surface area contributed by atoms with E-state index < -0.39 is 15.2 Å². The molecule has 112 valence electrons. The molecule has 2 rings (SSSR count). The molecule has 1 aliphatic rings. The first kappa shape index (κ1) is 15.9. The molecule has 0 saturated carbocycles. The van der Waals surface area contributed by atoms with Crippen LogP contribution in [0.2, 0.25) is 0 Å². The SMILES string of the molecule is CC(C)c1nnc(NC(=S)N[C@H]2CS(=O)(=O)C[C@@H]2Cl)s1. The zero-order chi connectivity index (χ0) is 14.9. The number of halogens is 1. The molecule has 10 heteroatoms. The first-order chi connectivity index (χ1) is 9.27. The summed E-state index contributed by atoms with van der Waals surface area (Å²) < 4.78 is 22.9. The Morgan fingerprint density at radius 3 is 2.65 bits per heavy atom. The summed E-state index contributed by atoms with van der Waals surface area (Å²) in [4.78, 5) is 0. The highest BCUT2D eigenvalue weighted by molar-refractivity contribution is 7.91. The van der Waals surface area contributed by atoms with Gasteiger partial charge in [0.1, 0.15) is 5.01 Å². The standard InChI is InChI=1S/C10H15ClN4O2S3/c1-5(2)8-14-15-10(19-8)13-9(18)12-7-4-20(16,17)3-6(7)11/h5-7H,3-4H2,1-2H3,(H2,12,13,15,18)/t6-,7-/m0/s1. The van der Waals surface area contributed by atoms with Crippen molar-refractivity contribution in [2.24, 2.45) is 0 Å². The lowest BCUT2D eigenvalue weighted by atomic mass is 10.2. The van der Waals surface area contributed by atoms with Crippen LogP contribution < -0.4 is 10.6 Å². The first-order valence-corrected chi connectivity index (χ1v) is 9.50. The molecule has 6 nitrogen and oxygen atoms in total. The van der Waals surface area contributed by atoms with Gasteiger partial charge in [0.2, 0.25) is 5.13 Å². The second-order valence-electron chi connectivity index (χ2n) is 4.90. The van der Waals surface area contributed by atoms with Gasteiger partial charge in [0.25, 0.3) is 0 Å². The molecule has 0 aromatic carbocycles. The molecule has 0 aliphatic carbocycles. The van der Waals surface area contributed by atoms with Crippen LogP contribution in [0.15, 0.2) is 0 Å². The third-order valence-electron chi connectivity index (χ3n) is 2.75. The van der Waals surface area contributed by atoms with Crippen LogP contribution in [-0.4, -0.2) is 46.7 Å². The molecule has 2 atom stereocenters. The maximum absolute atomic E-state index is 11.5. The molecule has 1 aromatic rings. The van der Waals surface area contributed by atoms with Crippen molar-refractivity contribution in [3.8, 4) is 0 Å². The van der Waals surface area contributed by atoms with Gasteiger partial charge >= 0.3 is 0 Å². The van der Waals surface area contributed by atoms with Crippen molar-refractivity contribution in [3.63, 3.8) is 0 Å². The van der Waals surface area contributed by atoms with Crippen molar-refractivity contribution in [2.75, 3.05) is 16.8 Å². The third kappa shape index (κ3) is 4.00. The fourth-order valence-electron chi connectivity index (χ4n) is 1.76. The number of nitrogens with one attached hydrogen (secondary N) is 2.